The molecule has 0 spiro atoms. The minimum atomic E-state index is -0.712. The van der Waals surface area contributed by atoms with Crippen LogP contribution in [0, 0.1) is 0 Å². The third-order valence-corrected chi connectivity index (χ3v) is 1.92. The lowest BCUT2D eigenvalue weighted by Crippen LogP contribution is -2.15. The maximum atomic E-state index is 11.3. The van der Waals surface area contributed by atoms with Gasteiger partial charge in [-0.1, -0.05) is 30.3 Å². The van der Waals surface area contributed by atoms with Gasteiger partial charge < -0.3 is 9.47 Å². The summed E-state index contributed by atoms with van der Waals surface area (Å²) >= 11 is 0. The standard InChI is InChI=1S/C12H12O4/c1-15-11(13)10(12(14)16-2)8-9-6-4-3-5-7-9/h3-8H,1-2H3. The Bertz CT molecular complexity index is 388. The number of hydrogen-bond donors (Lipinski definition) is 0. The summed E-state index contributed by atoms with van der Waals surface area (Å²) in [6.45, 7) is 0. The molecule has 0 heterocycles. The van der Waals surface area contributed by atoms with Gasteiger partial charge in [-0.25, -0.2) is 9.59 Å². The number of rotatable bonds is 3. The molecule has 0 bridgehead atoms. The van der Waals surface area contributed by atoms with E-state index in [1.807, 2.05) is 6.07 Å². The number of esters is 2. The molecule has 4 heteroatoms. The van der Waals surface area contributed by atoms with Crippen molar-refractivity contribution in [3.63, 3.8) is 0 Å². The van der Waals surface area contributed by atoms with Crippen molar-refractivity contribution in [2.75, 3.05) is 14.2 Å². The molecule has 0 radical (unpaired) electrons. The SMILES string of the molecule is COC(=O)C(=Cc1ccccc1)C(=O)OC. The zero-order valence-electron chi connectivity index (χ0n) is 9.10. The molecule has 0 fully saturated rings. The highest BCUT2D eigenvalue weighted by atomic mass is 16.5. The van der Waals surface area contributed by atoms with E-state index in [2.05, 4.69) is 9.47 Å². The van der Waals surface area contributed by atoms with Crippen LogP contribution >= 0.6 is 0 Å². The molecule has 0 N–H and O–H groups in total. The van der Waals surface area contributed by atoms with Gasteiger partial charge in [0.1, 0.15) is 5.57 Å². The average molecular weight is 220 g/mol. The first-order valence-electron chi connectivity index (χ1n) is 4.62. The maximum Gasteiger partial charge on any atom is 0.345 e. The number of ether oxygens (including phenoxy) is 2. The van der Waals surface area contributed by atoms with Gasteiger partial charge in [0, 0.05) is 0 Å². The lowest BCUT2D eigenvalue weighted by molar-refractivity contribution is -0.143. The Kier molecular flexibility index (Phi) is 4.27. The summed E-state index contributed by atoms with van der Waals surface area (Å²) in [5, 5.41) is 0. The molecule has 0 saturated carbocycles. The molecule has 0 aromatic heterocycles. The summed E-state index contributed by atoms with van der Waals surface area (Å²) in [4.78, 5) is 22.7. The smallest absolute Gasteiger partial charge is 0.345 e. The molecular formula is C12H12O4. The number of carbonyl (C=O) groups is 2. The second-order valence-electron chi connectivity index (χ2n) is 2.95. The Morgan fingerprint density at radius 2 is 1.50 bits per heavy atom. The van der Waals surface area contributed by atoms with Crippen molar-refractivity contribution in [3.8, 4) is 0 Å². The first-order chi connectivity index (χ1) is 7.69. The molecule has 0 aliphatic rings. The maximum absolute atomic E-state index is 11.3. The van der Waals surface area contributed by atoms with E-state index in [0.29, 0.717) is 0 Å². The fraction of sp³-hybridized carbons (Fsp3) is 0.167. The highest BCUT2D eigenvalue weighted by Crippen LogP contribution is 2.09. The van der Waals surface area contributed by atoms with E-state index in [9.17, 15) is 9.59 Å². The molecule has 0 amide bonds. The predicted molar refractivity (Wildman–Crippen MR) is 58.5 cm³/mol. The van der Waals surface area contributed by atoms with Crippen LogP contribution in [0.2, 0.25) is 0 Å². The molecule has 0 unspecified atom stereocenters. The highest BCUT2D eigenvalue weighted by Gasteiger charge is 2.19. The summed E-state index contributed by atoms with van der Waals surface area (Å²) in [5.41, 5.74) is 0.601. The Morgan fingerprint density at radius 3 is 1.94 bits per heavy atom. The summed E-state index contributed by atoms with van der Waals surface area (Å²) in [7, 11) is 2.42. The first kappa shape index (κ1) is 12.0. The third kappa shape index (κ3) is 2.95. The van der Waals surface area contributed by atoms with Gasteiger partial charge in [0.15, 0.2) is 0 Å². The van der Waals surface area contributed by atoms with Gasteiger partial charge >= 0.3 is 11.9 Å². The summed E-state index contributed by atoms with van der Waals surface area (Å²) in [6.07, 6.45) is 1.43. The van der Waals surface area contributed by atoms with Crippen LogP contribution < -0.4 is 0 Å². The lowest BCUT2D eigenvalue weighted by Gasteiger charge is -2.03. The Balaban J connectivity index is 3.06. The zero-order valence-corrected chi connectivity index (χ0v) is 9.10. The topological polar surface area (TPSA) is 52.6 Å². The molecule has 16 heavy (non-hydrogen) atoms. The molecule has 0 atom stereocenters. The predicted octanol–water partition coefficient (Wildman–Crippen LogP) is 1.42. The summed E-state index contributed by atoms with van der Waals surface area (Å²) in [6, 6.07) is 8.99. The Hall–Kier alpha value is -2.10. The molecule has 1 aromatic carbocycles. The molecule has 4 nitrogen and oxygen atoms in total. The summed E-state index contributed by atoms with van der Waals surface area (Å²) in [5.74, 6) is -1.42. The number of benzene rings is 1. The van der Waals surface area contributed by atoms with E-state index < -0.39 is 11.9 Å². The van der Waals surface area contributed by atoms with Crippen LogP contribution in [0.25, 0.3) is 6.08 Å². The minimum Gasteiger partial charge on any atom is -0.465 e. The van der Waals surface area contributed by atoms with Crippen molar-refractivity contribution < 1.29 is 19.1 Å². The largest absolute Gasteiger partial charge is 0.465 e. The quantitative estimate of drug-likeness (QED) is 0.334. The van der Waals surface area contributed by atoms with E-state index in [-0.39, 0.29) is 5.57 Å². The van der Waals surface area contributed by atoms with Gasteiger partial charge in [-0.15, -0.1) is 0 Å². The van der Waals surface area contributed by atoms with Crippen LogP contribution in [0.3, 0.4) is 0 Å². The second kappa shape index (κ2) is 5.70. The third-order valence-electron chi connectivity index (χ3n) is 1.92. The minimum absolute atomic E-state index is 0.129. The number of hydrogen-bond acceptors (Lipinski definition) is 4. The van der Waals surface area contributed by atoms with E-state index in [1.165, 1.54) is 20.3 Å². The fourth-order valence-corrected chi connectivity index (χ4v) is 1.14. The van der Waals surface area contributed by atoms with Crippen molar-refractivity contribution in [2.45, 2.75) is 0 Å². The first-order valence-corrected chi connectivity index (χ1v) is 4.62. The Morgan fingerprint density at radius 1 is 1.00 bits per heavy atom. The zero-order chi connectivity index (χ0) is 12.0. The van der Waals surface area contributed by atoms with Gasteiger partial charge in [0.2, 0.25) is 0 Å². The van der Waals surface area contributed by atoms with Crippen LogP contribution in [0.5, 0.6) is 0 Å². The van der Waals surface area contributed by atoms with Crippen LogP contribution in [0.1, 0.15) is 5.56 Å². The van der Waals surface area contributed by atoms with Crippen LogP contribution in [-0.4, -0.2) is 26.2 Å². The molecule has 1 rings (SSSR count). The Labute approximate surface area is 93.5 Å². The second-order valence-corrected chi connectivity index (χ2v) is 2.95. The monoisotopic (exact) mass is 220 g/mol. The summed E-state index contributed by atoms with van der Waals surface area (Å²) < 4.78 is 9.00. The van der Waals surface area contributed by atoms with Gasteiger partial charge in [-0.05, 0) is 11.6 Å². The molecule has 0 aliphatic carbocycles. The van der Waals surface area contributed by atoms with Gasteiger partial charge in [0.25, 0.3) is 0 Å². The van der Waals surface area contributed by atoms with E-state index in [1.54, 1.807) is 24.3 Å². The van der Waals surface area contributed by atoms with Crippen molar-refractivity contribution >= 4 is 18.0 Å². The van der Waals surface area contributed by atoms with Crippen molar-refractivity contribution in [3.05, 3.63) is 41.5 Å². The van der Waals surface area contributed by atoms with Gasteiger partial charge in [0.05, 0.1) is 14.2 Å². The molecular weight excluding hydrogens is 208 g/mol. The van der Waals surface area contributed by atoms with Crippen molar-refractivity contribution in [1.82, 2.24) is 0 Å². The number of methoxy groups -OCH3 is 2. The normalized spacial score (nSPS) is 9.12. The van der Waals surface area contributed by atoms with Gasteiger partial charge in [-0.2, -0.15) is 0 Å². The van der Waals surface area contributed by atoms with Crippen LogP contribution in [0.15, 0.2) is 35.9 Å². The molecule has 1 aromatic rings. The number of carbonyl (C=O) groups excluding carboxylic acids is 2. The van der Waals surface area contributed by atoms with E-state index in [4.69, 9.17) is 0 Å². The fourth-order valence-electron chi connectivity index (χ4n) is 1.14. The molecule has 0 saturated heterocycles. The van der Waals surface area contributed by atoms with Crippen molar-refractivity contribution in [1.29, 1.82) is 0 Å². The van der Waals surface area contributed by atoms with Gasteiger partial charge in [-0.3, -0.25) is 0 Å². The lowest BCUT2D eigenvalue weighted by atomic mass is 10.1. The van der Waals surface area contributed by atoms with E-state index in [0.717, 1.165) is 5.56 Å². The highest BCUT2D eigenvalue weighted by molar-refractivity contribution is 6.17. The van der Waals surface area contributed by atoms with Crippen molar-refractivity contribution in [2.24, 2.45) is 0 Å². The van der Waals surface area contributed by atoms with Crippen LogP contribution in [-0.2, 0) is 19.1 Å². The average Bonchev–Trinajstić information content (AvgIpc) is 2.35. The van der Waals surface area contributed by atoms with E-state index >= 15 is 0 Å². The van der Waals surface area contributed by atoms with Crippen LogP contribution in [0.4, 0.5) is 0 Å². The molecule has 84 valence electrons. The molecule has 0 aliphatic heterocycles.